The van der Waals surface area contributed by atoms with Crippen LogP contribution in [-0.2, 0) is 17.8 Å². The van der Waals surface area contributed by atoms with E-state index < -0.39 is 0 Å². The summed E-state index contributed by atoms with van der Waals surface area (Å²) in [6, 6.07) is 8.91. The summed E-state index contributed by atoms with van der Waals surface area (Å²) in [6.07, 6.45) is 13.3. The van der Waals surface area contributed by atoms with E-state index in [1.54, 1.807) is 6.08 Å². The maximum absolute atomic E-state index is 5.47. The minimum atomic E-state index is 0.621. The fourth-order valence-corrected chi connectivity index (χ4v) is 3.42. The standard InChI is InChI=1S/C21H30O/c1-3-5-18-6-8-19(9-7-18)10-11-20-12-14-21(15-13-20)17-22-16-4-2/h3-4,12-15,18-19H,1-2,5-11,16-17H2/t18-,19-. The van der Waals surface area contributed by atoms with Gasteiger partial charge in [0.2, 0.25) is 0 Å². The molecule has 1 saturated carbocycles. The van der Waals surface area contributed by atoms with Crippen LogP contribution in [0.4, 0.5) is 0 Å². The summed E-state index contributed by atoms with van der Waals surface area (Å²) in [5, 5.41) is 0. The van der Waals surface area contributed by atoms with Crippen LogP contribution in [0.2, 0.25) is 0 Å². The van der Waals surface area contributed by atoms with Crippen LogP contribution in [0.25, 0.3) is 0 Å². The van der Waals surface area contributed by atoms with Crippen molar-refractivity contribution in [1.29, 1.82) is 0 Å². The molecule has 22 heavy (non-hydrogen) atoms. The number of ether oxygens (including phenoxy) is 1. The summed E-state index contributed by atoms with van der Waals surface area (Å²) >= 11 is 0. The van der Waals surface area contributed by atoms with Crippen molar-refractivity contribution < 1.29 is 4.74 Å². The van der Waals surface area contributed by atoms with Crippen LogP contribution in [-0.4, -0.2) is 6.61 Å². The molecule has 0 amide bonds. The first kappa shape index (κ1) is 17.0. The van der Waals surface area contributed by atoms with Crippen LogP contribution in [0.3, 0.4) is 0 Å². The van der Waals surface area contributed by atoms with E-state index in [0.29, 0.717) is 13.2 Å². The number of hydrogen-bond acceptors (Lipinski definition) is 1. The van der Waals surface area contributed by atoms with Gasteiger partial charge in [0.05, 0.1) is 13.2 Å². The van der Waals surface area contributed by atoms with Gasteiger partial charge in [0, 0.05) is 0 Å². The Morgan fingerprint density at radius 1 is 0.909 bits per heavy atom. The largest absolute Gasteiger partial charge is 0.373 e. The summed E-state index contributed by atoms with van der Waals surface area (Å²) in [7, 11) is 0. The van der Waals surface area contributed by atoms with Crippen molar-refractivity contribution in [3.05, 3.63) is 60.7 Å². The van der Waals surface area contributed by atoms with Gasteiger partial charge in [-0.1, -0.05) is 49.3 Å². The molecule has 1 heteroatoms. The van der Waals surface area contributed by atoms with Crippen LogP contribution in [0.15, 0.2) is 49.6 Å². The van der Waals surface area contributed by atoms with Gasteiger partial charge in [-0.15, -0.1) is 13.2 Å². The molecule has 0 heterocycles. The summed E-state index contributed by atoms with van der Waals surface area (Å²) in [6.45, 7) is 8.83. The Morgan fingerprint density at radius 3 is 2.18 bits per heavy atom. The molecule has 1 aliphatic carbocycles. The van der Waals surface area contributed by atoms with E-state index >= 15 is 0 Å². The van der Waals surface area contributed by atoms with Crippen LogP contribution in [0.1, 0.15) is 49.7 Å². The van der Waals surface area contributed by atoms with Crippen molar-refractivity contribution in [2.24, 2.45) is 11.8 Å². The molecule has 0 aliphatic heterocycles. The van der Waals surface area contributed by atoms with Crippen LogP contribution in [0, 0.1) is 11.8 Å². The zero-order chi connectivity index (χ0) is 15.6. The Kier molecular flexibility index (Phi) is 7.45. The molecule has 1 aromatic rings. The van der Waals surface area contributed by atoms with Gasteiger partial charge in [-0.2, -0.15) is 0 Å². The molecule has 0 radical (unpaired) electrons. The average Bonchev–Trinajstić information content (AvgIpc) is 2.56. The highest BCUT2D eigenvalue weighted by Crippen LogP contribution is 2.33. The molecular weight excluding hydrogens is 268 g/mol. The molecule has 1 aliphatic rings. The van der Waals surface area contributed by atoms with Gasteiger partial charge in [0.1, 0.15) is 0 Å². The van der Waals surface area contributed by atoms with Gasteiger partial charge < -0.3 is 4.74 Å². The summed E-state index contributed by atoms with van der Waals surface area (Å²) in [5.41, 5.74) is 2.70. The van der Waals surface area contributed by atoms with Crippen molar-refractivity contribution >= 4 is 0 Å². The van der Waals surface area contributed by atoms with Crippen molar-refractivity contribution in [3.8, 4) is 0 Å². The second-order valence-electron chi connectivity index (χ2n) is 6.57. The monoisotopic (exact) mass is 298 g/mol. The molecule has 0 spiro atoms. The normalized spacial score (nSPS) is 21.5. The molecule has 0 atom stereocenters. The predicted molar refractivity (Wildman–Crippen MR) is 94.9 cm³/mol. The van der Waals surface area contributed by atoms with Crippen molar-refractivity contribution in [2.45, 2.75) is 51.6 Å². The Balaban J connectivity index is 1.68. The minimum Gasteiger partial charge on any atom is -0.373 e. The maximum atomic E-state index is 5.47. The van der Waals surface area contributed by atoms with Crippen LogP contribution < -0.4 is 0 Å². The molecule has 0 aromatic heterocycles. The number of allylic oxidation sites excluding steroid dienone is 1. The highest BCUT2D eigenvalue weighted by molar-refractivity contribution is 5.22. The molecule has 1 nitrogen and oxygen atoms in total. The highest BCUT2D eigenvalue weighted by atomic mass is 16.5. The lowest BCUT2D eigenvalue weighted by Crippen LogP contribution is -2.14. The predicted octanol–water partition coefficient (Wildman–Crippen LogP) is 5.70. The van der Waals surface area contributed by atoms with E-state index in [9.17, 15) is 0 Å². The van der Waals surface area contributed by atoms with Gasteiger partial charge in [-0.3, -0.25) is 0 Å². The van der Waals surface area contributed by atoms with Crippen molar-refractivity contribution in [3.63, 3.8) is 0 Å². The number of benzene rings is 1. The molecule has 0 bridgehead atoms. The van der Waals surface area contributed by atoms with Crippen LogP contribution in [0.5, 0.6) is 0 Å². The van der Waals surface area contributed by atoms with Crippen molar-refractivity contribution in [2.75, 3.05) is 6.61 Å². The molecule has 2 rings (SSSR count). The molecule has 1 fully saturated rings. The molecular formula is C21H30O. The third kappa shape index (κ3) is 5.81. The molecule has 0 N–H and O–H groups in total. The SMILES string of the molecule is C=CCOCc1ccc(CC[C@H]2CC[C@H](CC=C)CC2)cc1. The lowest BCUT2D eigenvalue weighted by Gasteiger charge is -2.27. The summed E-state index contributed by atoms with van der Waals surface area (Å²) in [4.78, 5) is 0. The van der Waals surface area contributed by atoms with Crippen molar-refractivity contribution in [1.82, 2.24) is 0 Å². The lowest BCUT2D eigenvalue weighted by molar-refractivity contribution is 0.149. The van der Waals surface area contributed by atoms with Gasteiger partial charge in [0.25, 0.3) is 0 Å². The molecule has 120 valence electrons. The topological polar surface area (TPSA) is 9.23 Å². The molecule has 0 saturated heterocycles. The van der Waals surface area contributed by atoms with E-state index in [1.165, 1.54) is 56.1 Å². The Bertz CT molecular complexity index is 437. The molecule has 1 aromatic carbocycles. The lowest BCUT2D eigenvalue weighted by atomic mass is 9.78. The second-order valence-corrected chi connectivity index (χ2v) is 6.57. The van der Waals surface area contributed by atoms with Crippen LogP contribution >= 0.6 is 0 Å². The van der Waals surface area contributed by atoms with E-state index in [-0.39, 0.29) is 0 Å². The summed E-state index contributed by atoms with van der Waals surface area (Å²) < 4.78 is 5.47. The zero-order valence-electron chi connectivity index (χ0n) is 13.8. The van der Waals surface area contributed by atoms with E-state index in [4.69, 9.17) is 4.74 Å². The van der Waals surface area contributed by atoms with E-state index in [0.717, 1.165) is 11.8 Å². The number of rotatable bonds is 9. The second kappa shape index (κ2) is 9.63. The number of aryl methyl sites for hydroxylation is 1. The van der Waals surface area contributed by atoms with Gasteiger partial charge >= 0.3 is 0 Å². The first-order chi connectivity index (χ1) is 10.8. The average molecular weight is 298 g/mol. The Labute approximate surface area is 136 Å². The third-order valence-corrected chi connectivity index (χ3v) is 4.83. The maximum Gasteiger partial charge on any atom is 0.0721 e. The van der Waals surface area contributed by atoms with Gasteiger partial charge in [-0.25, -0.2) is 0 Å². The van der Waals surface area contributed by atoms with Gasteiger partial charge in [-0.05, 0) is 55.1 Å². The first-order valence-corrected chi connectivity index (χ1v) is 8.69. The smallest absolute Gasteiger partial charge is 0.0721 e. The minimum absolute atomic E-state index is 0.621. The van der Waals surface area contributed by atoms with E-state index in [2.05, 4.69) is 43.5 Å². The summed E-state index contributed by atoms with van der Waals surface area (Å²) in [5.74, 6) is 1.83. The van der Waals surface area contributed by atoms with Gasteiger partial charge in [0.15, 0.2) is 0 Å². The third-order valence-electron chi connectivity index (χ3n) is 4.83. The fraction of sp³-hybridized carbons (Fsp3) is 0.524. The fourth-order valence-electron chi connectivity index (χ4n) is 3.42. The number of hydrogen-bond donors (Lipinski definition) is 0. The Morgan fingerprint density at radius 2 is 1.55 bits per heavy atom. The Hall–Kier alpha value is -1.34. The highest BCUT2D eigenvalue weighted by Gasteiger charge is 2.19. The zero-order valence-corrected chi connectivity index (χ0v) is 13.8. The molecule has 0 unspecified atom stereocenters. The van der Waals surface area contributed by atoms with E-state index in [1.807, 2.05) is 0 Å². The first-order valence-electron chi connectivity index (χ1n) is 8.69. The quantitative estimate of drug-likeness (QED) is 0.419.